The van der Waals surface area contributed by atoms with Crippen molar-refractivity contribution in [3.63, 3.8) is 0 Å². The molecule has 3 aromatic rings. The Kier molecular flexibility index (Phi) is 4.88. The molecule has 0 aliphatic heterocycles. The molecular weight excluding hydrogens is 334 g/mol. The van der Waals surface area contributed by atoms with Crippen molar-refractivity contribution >= 4 is 11.6 Å². The number of hydrogen-bond donors (Lipinski definition) is 1. The molecule has 1 N–H and O–H groups in total. The zero-order valence-electron chi connectivity index (χ0n) is 14.6. The van der Waals surface area contributed by atoms with Crippen LogP contribution >= 0.6 is 0 Å². The summed E-state index contributed by atoms with van der Waals surface area (Å²) in [4.78, 5) is 41.7. The topological polar surface area (TPSA) is 88.3 Å². The Hall–Kier alpha value is -3.35. The summed E-state index contributed by atoms with van der Waals surface area (Å²) in [6.07, 6.45) is 2.63. The number of carbonyl (C=O) groups is 1. The van der Waals surface area contributed by atoms with Crippen molar-refractivity contribution in [2.45, 2.75) is 20.4 Å². The minimum Gasteiger partial charge on any atom is -0.467 e. The van der Waals surface area contributed by atoms with Crippen molar-refractivity contribution in [3.05, 3.63) is 86.6 Å². The molecule has 0 atom stereocenters. The SMILES string of the molecule is CCN(C(=O)c1c[nH]c(=O)n(Cc2ccco2)c1=O)c1cccc(C)c1. The standard InChI is InChI=1S/C19H19N3O4/c1-3-21(14-7-4-6-13(2)10-14)17(23)16-11-20-19(25)22(18(16)24)12-15-8-5-9-26-15/h4-11H,3,12H2,1-2H3,(H,20,25). The lowest BCUT2D eigenvalue weighted by Gasteiger charge is -2.21. The maximum absolute atomic E-state index is 12.9. The van der Waals surface area contributed by atoms with Crippen LogP contribution in [-0.2, 0) is 6.54 Å². The van der Waals surface area contributed by atoms with Gasteiger partial charge in [0.25, 0.3) is 11.5 Å². The molecule has 7 heteroatoms. The second-order valence-electron chi connectivity index (χ2n) is 5.87. The first kappa shape index (κ1) is 17.5. The Balaban J connectivity index is 2.01. The molecule has 26 heavy (non-hydrogen) atoms. The van der Waals surface area contributed by atoms with Gasteiger partial charge in [-0.3, -0.25) is 14.2 Å². The molecule has 0 saturated carbocycles. The van der Waals surface area contributed by atoms with E-state index in [0.717, 1.165) is 10.1 Å². The fourth-order valence-electron chi connectivity index (χ4n) is 2.75. The first-order chi connectivity index (χ1) is 12.5. The number of aromatic nitrogens is 2. The van der Waals surface area contributed by atoms with E-state index in [1.165, 1.54) is 17.4 Å². The zero-order chi connectivity index (χ0) is 18.7. The van der Waals surface area contributed by atoms with Crippen LogP contribution in [0.4, 0.5) is 5.69 Å². The van der Waals surface area contributed by atoms with Crippen molar-refractivity contribution in [1.29, 1.82) is 0 Å². The van der Waals surface area contributed by atoms with E-state index in [9.17, 15) is 14.4 Å². The number of benzene rings is 1. The van der Waals surface area contributed by atoms with Gasteiger partial charge in [-0.25, -0.2) is 4.79 Å². The van der Waals surface area contributed by atoms with Crippen molar-refractivity contribution in [1.82, 2.24) is 9.55 Å². The van der Waals surface area contributed by atoms with Crippen LogP contribution in [0.15, 0.2) is 62.9 Å². The van der Waals surface area contributed by atoms with Gasteiger partial charge in [0.2, 0.25) is 0 Å². The lowest BCUT2D eigenvalue weighted by molar-refractivity contribution is 0.0985. The summed E-state index contributed by atoms with van der Waals surface area (Å²) in [5.74, 6) is -0.0132. The van der Waals surface area contributed by atoms with Crippen molar-refractivity contribution < 1.29 is 9.21 Å². The molecule has 0 unspecified atom stereocenters. The Morgan fingerprint density at radius 3 is 2.69 bits per heavy atom. The van der Waals surface area contributed by atoms with E-state index < -0.39 is 17.2 Å². The van der Waals surface area contributed by atoms with Crippen LogP contribution in [0.5, 0.6) is 0 Å². The molecule has 1 amide bonds. The molecule has 0 radical (unpaired) electrons. The predicted molar refractivity (Wildman–Crippen MR) is 97.7 cm³/mol. The number of furan rings is 1. The minimum atomic E-state index is -0.652. The second kappa shape index (κ2) is 7.26. The lowest BCUT2D eigenvalue weighted by atomic mass is 10.2. The van der Waals surface area contributed by atoms with Crippen LogP contribution in [0, 0.1) is 6.92 Å². The lowest BCUT2D eigenvalue weighted by Crippen LogP contribution is -2.42. The number of nitrogens with zero attached hydrogens (tertiary/aromatic N) is 2. The van der Waals surface area contributed by atoms with Gasteiger partial charge in [0.15, 0.2) is 0 Å². The third-order valence-electron chi connectivity index (χ3n) is 4.06. The number of carbonyl (C=O) groups excluding carboxylic acids is 1. The molecule has 134 valence electrons. The van der Waals surface area contributed by atoms with E-state index in [0.29, 0.717) is 18.0 Å². The maximum atomic E-state index is 12.9. The molecule has 7 nitrogen and oxygen atoms in total. The van der Waals surface area contributed by atoms with E-state index in [-0.39, 0.29) is 12.1 Å². The van der Waals surface area contributed by atoms with Crippen LogP contribution in [-0.4, -0.2) is 22.0 Å². The van der Waals surface area contributed by atoms with Crippen molar-refractivity contribution in [2.24, 2.45) is 0 Å². The maximum Gasteiger partial charge on any atom is 0.328 e. The third-order valence-corrected chi connectivity index (χ3v) is 4.06. The molecular formula is C19H19N3O4. The van der Waals surface area contributed by atoms with Crippen LogP contribution in [0.2, 0.25) is 0 Å². The van der Waals surface area contributed by atoms with Crippen molar-refractivity contribution in [3.8, 4) is 0 Å². The summed E-state index contributed by atoms with van der Waals surface area (Å²) in [5.41, 5.74) is 0.355. The van der Waals surface area contributed by atoms with E-state index in [1.54, 1.807) is 12.1 Å². The first-order valence-electron chi connectivity index (χ1n) is 8.24. The monoisotopic (exact) mass is 353 g/mol. The predicted octanol–water partition coefficient (Wildman–Crippen LogP) is 2.15. The number of H-pyrrole nitrogens is 1. The highest BCUT2D eigenvalue weighted by molar-refractivity contribution is 6.05. The Morgan fingerprint density at radius 2 is 2.04 bits per heavy atom. The zero-order valence-corrected chi connectivity index (χ0v) is 14.6. The van der Waals surface area contributed by atoms with Gasteiger partial charge in [0.05, 0.1) is 12.8 Å². The smallest absolute Gasteiger partial charge is 0.328 e. The highest BCUT2D eigenvalue weighted by atomic mass is 16.3. The van der Waals surface area contributed by atoms with E-state index in [4.69, 9.17) is 4.42 Å². The Bertz CT molecular complexity index is 1030. The molecule has 2 aromatic heterocycles. The number of amides is 1. The van der Waals surface area contributed by atoms with Gasteiger partial charge in [-0.1, -0.05) is 12.1 Å². The normalized spacial score (nSPS) is 10.7. The van der Waals surface area contributed by atoms with E-state index >= 15 is 0 Å². The van der Waals surface area contributed by atoms with Gasteiger partial charge < -0.3 is 14.3 Å². The van der Waals surface area contributed by atoms with Gasteiger partial charge in [0.1, 0.15) is 11.3 Å². The molecule has 0 bridgehead atoms. The van der Waals surface area contributed by atoms with Gasteiger partial charge >= 0.3 is 5.69 Å². The molecule has 0 saturated heterocycles. The minimum absolute atomic E-state index is 0.0428. The van der Waals surface area contributed by atoms with Crippen LogP contribution < -0.4 is 16.1 Å². The largest absolute Gasteiger partial charge is 0.467 e. The highest BCUT2D eigenvalue weighted by Crippen LogP contribution is 2.17. The Labute approximate surface area is 149 Å². The molecule has 0 aliphatic carbocycles. The van der Waals surface area contributed by atoms with E-state index in [1.807, 2.05) is 38.1 Å². The second-order valence-corrected chi connectivity index (χ2v) is 5.87. The fourth-order valence-corrected chi connectivity index (χ4v) is 2.75. The fraction of sp³-hybridized carbons (Fsp3) is 0.211. The molecule has 1 aromatic carbocycles. The summed E-state index contributed by atoms with van der Waals surface area (Å²) < 4.78 is 6.15. The van der Waals surface area contributed by atoms with Crippen LogP contribution in [0.25, 0.3) is 0 Å². The number of rotatable bonds is 5. The third kappa shape index (κ3) is 3.37. The summed E-state index contributed by atoms with van der Waals surface area (Å²) in [6.45, 7) is 4.10. The van der Waals surface area contributed by atoms with Crippen LogP contribution in [0.3, 0.4) is 0 Å². The van der Waals surface area contributed by atoms with Gasteiger partial charge in [0, 0.05) is 18.4 Å². The molecule has 2 heterocycles. The Morgan fingerprint density at radius 1 is 1.23 bits per heavy atom. The highest BCUT2D eigenvalue weighted by Gasteiger charge is 2.21. The molecule has 0 fully saturated rings. The number of aryl methyl sites for hydroxylation is 1. The van der Waals surface area contributed by atoms with E-state index in [2.05, 4.69) is 4.98 Å². The summed E-state index contributed by atoms with van der Waals surface area (Å²) in [7, 11) is 0. The average molecular weight is 353 g/mol. The number of nitrogens with one attached hydrogen (secondary N) is 1. The van der Waals surface area contributed by atoms with Crippen molar-refractivity contribution in [2.75, 3.05) is 11.4 Å². The number of anilines is 1. The van der Waals surface area contributed by atoms with Gasteiger partial charge in [-0.15, -0.1) is 0 Å². The van der Waals surface area contributed by atoms with Crippen LogP contribution in [0.1, 0.15) is 28.6 Å². The number of hydrogen-bond acceptors (Lipinski definition) is 4. The first-order valence-corrected chi connectivity index (χ1v) is 8.24. The average Bonchev–Trinajstić information content (AvgIpc) is 3.12. The molecule has 0 spiro atoms. The van der Waals surface area contributed by atoms with Gasteiger partial charge in [-0.05, 0) is 43.7 Å². The molecule has 3 rings (SSSR count). The summed E-state index contributed by atoms with van der Waals surface area (Å²) in [5, 5.41) is 0. The quantitative estimate of drug-likeness (QED) is 0.761. The molecule has 0 aliphatic rings. The summed E-state index contributed by atoms with van der Waals surface area (Å²) >= 11 is 0. The number of aromatic amines is 1. The summed E-state index contributed by atoms with van der Waals surface area (Å²) in [6, 6.07) is 10.8. The van der Waals surface area contributed by atoms with Gasteiger partial charge in [-0.2, -0.15) is 0 Å².